The van der Waals surface area contributed by atoms with E-state index in [1.807, 2.05) is 0 Å². The van der Waals surface area contributed by atoms with Crippen molar-refractivity contribution in [2.45, 2.75) is 57.6 Å². The van der Waals surface area contributed by atoms with Crippen molar-refractivity contribution in [2.75, 3.05) is 6.54 Å². The molecule has 82 valence electrons. The lowest BCUT2D eigenvalue weighted by Gasteiger charge is -2.27. The Kier molecular flexibility index (Phi) is 3.45. The van der Waals surface area contributed by atoms with E-state index < -0.39 is 0 Å². The minimum absolute atomic E-state index is 0.0195. The number of hydrogen-bond donors (Lipinski definition) is 2. The minimum Gasteiger partial charge on any atom is -0.393 e. The lowest BCUT2D eigenvalue weighted by molar-refractivity contribution is 0.116. The van der Waals surface area contributed by atoms with Crippen LogP contribution in [0, 0.1) is 11.8 Å². The fourth-order valence-electron chi connectivity index (χ4n) is 2.46. The highest BCUT2D eigenvalue weighted by atomic mass is 16.3. The van der Waals surface area contributed by atoms with Crippen LogP contribution in [-0.2, 0) is 0 Å². The summed E-state index contributed by atoms with van der Waals surface area (Å²) in [5, 5.41) is 13.0. The predicted octanol–water partition coefficient (Wildman–Crippen LogP) is 1.93. The third kappa shape index (κ3) is 2.96. The molecule has 0 aromatic rings. The highest BCUT2D eigenvalue weighted by Crippen LogP contribution is 2.36. The minimum atomic E-state index is -0.0195. The second-order valence-electron chi connectivity index (χ2n) is 5.23. The van der Waals surface area contributed by atoms with Crippen molar-refractivity contribution >= 4 is 0 Å². The van der Waals surface area contributed by atoms with Crippen molar-refractivity contribution in [1.29, 1.82) is 0 Å². The van der Waals surface area contributed by atoms with E-state index in [0.29, 0.717) is 6.04 Å². The van der Waals surface area contributed by atoms with Gasteiger partial charge < -0.3 is 10.4 Å². The first kappa shape index (κ1) is 10.4. The highest BCUT2D eigenvalue weighted by Gasteiger charge is 2.28. The van der Waals surface area contributed by atoms with Gasteiger partial charge in [-0.3, -0.25) is 0 Å². The van der Waals surface area contributed by atoms with Crippen molar-refractivity contribution in [2.24, 2.45) is 11.8 Å². The van der Waals surface area contributed by atoms with Gasteiger partial charge in [0.2, 0.25) is 0 Å². The van der Waals surface area contributed by atoms with E-state index in [2.05, 4.69) is 12.2 Å². The molecule has 0 saturated heterocycles. The van der Waals surface area contributed by atoms with Crippen LogP contribution in [0.15, 0.2) is 0 Å². The largest absolute Gasteiger partial charge is 0.393 e. The number of hydrogen-bond acceptors (Lipinski definition) is 2. The Balaban J connectivity index is 1.60. The maximum atomic E-state index is 9.37. The van der Waals surface area contributed by atoms with Crippen LogP contribution in [0.3, 0.4) is 0 Å². The third-order valence-electron chi connectivity index (χ3n) is 3.85. The fourth-order valence-corrected chi connectivity index (χ4v) is 2.46. The van der Waals surface area contributed by atoms with Crippen LogP contribution in [0.5, 0.6) is 0 Å². The molecule has 0 aromatic heterocycles. The SMILES string of the molecule is CC(CNC1CCC(O)CC1)C1CC1. The normalized spacial score (nSPS) is 35.6. The molecule has 0 aromatic carbocycles. The van der Waals surface area contributed by atoms with Crippen molar-refractivity contribution in [3.63, 3.8) is 0 Å². The lowest BCUT2D eigenvalue weighted by atomic mass is 9.92. The van der Waals surface area contributed by atoms with Crippen LogP contribution in [0.1, 0.15) is 45.4 Å². The van der Waals surface area contributed by atoms with E-state index in [1.165, 1.54) is 32.2 Å². The summed E-state index contributed by atoms with van der Waals surface area (Å²) in [6, 6.07) is 0.680. The number of nitrogens with one attached hydrogen (secondary N) is 1. The predicted molar refractivity (Wildman–Crippen MR) is 58.2 cm³/mol. The molecule has 0 heterocycles. The summed E-state index contributed by atoms with van der Waals surface area (Å²) in [5.41, 5.74) is 0. The van der Waals surface area contributed by atoms with Crippen LogP contribution in [0.2, 0.25) is 0 Å². The van der Waals surface area contributed by atoms with E-state index in [4.69, 9.17) is 0 Å². The summed E-state index contributed by atoms with van der Waals surface area (Å²) in [6.07, 6.45) is 7.20. The Hall–Kier alpha value is -0.0800. The smallest absolute Gasteiger partial charge is 0.0541 e. The maximum absolute atomic E-state index is 9.37. The molecule has 2 aliphatic rings. The first-order valence-corrected chi connectivity index (χ1v) is 6.17. The van der Waals surface area contributed by atoms with Gasteiger partial charge in [0.15, 0.2) is 0 Å². The second kappa shape index (κ2) is 4.63. The van der Waals surface area contributed by atoms with Crippen LogP contribution >= 0.6 is 0 Å². The molecular formula is C12H23NO. The molecule has 1 unspecified atom stereocenters. The monoisotopic (exact) mass is 197 g/mol. The van der Waals surface area contributed by atoms with Crippen molar-refractivity contribution in [3.8, 4) is 0 Å². The molecule has 2 rings (SSSR count). The molecule has 0 spiro atoms. The molecule has 0 radical (unpaired) electrons. The Morgan fingerprint density at radius 1 is 1.14 bits per heavy atom. The summed E-state index contributed by atoms with van der Waals surface area (Å²) in [4.78, 5) is 0. The summed E-state index contributed by atoms with van der Waals surface area (Å²) in [5.74, 6) is 1.87. The molecule has 2 nitrogen and oxygen atoms in total. The van der Waals surface area contributed by atoms with Crippen LogP contribution in [0.4, 0.5) is 0 Å². The summed E-state index contributed by atoms with van der Waals surface area (Å²) in [7, 11) is 0. The lowest BCUT2D eigenvalue weighted by Crippen LogP contribution is -2.37. The number of aliphatic hydroxyl groups excluding tert-OH is 1. The quantitative estimate of drug-likeness (QED) is 0.721. The molecule has 2 N–H and O–H groups in total. The molecule has 2 aliphatic carbocycles. The topological polar surface area (TPSA) is 32.3 Å². The second-order valence-corrected chi connectivity index (χ2v) is 5.23. The van der Waals surface area contributed by atoms with Gasteiger partial charge in [0.25, 0.3) is 0 Å². The maximum Gasteiger partial charge on any atom is 0.0541 e. The molecule has 2 heteroatoms. The summed E-state index contributed by atoms with van der Waals surface area (Å²) in [6.45, 7) is 3.55. The first-order chi connectivity index (χ1) is 6.75. The van der Waals surface area contributed by atoms with E-state index in [9.17, 15) is 5.11 Å². The summed E-state index contributed by atoms with van der Waals surface area (Å²) < 4.78 is 0. The van der Waals surface area contributed by atoms with Gasteiger partial charge in [-0.05, 0) is 56.9 Å². The van der Waals surface area contributed by atoms with Crippen LogP contribution < -0.4 is 5.32 Å². The van der Waals surface area contributed by atoms with Gasteiger partial charge in [0, 0.05) is 6.04 Å². The zero-order valence-electron chi connectivity index (χ0n) is 9.21. The van der Waals surface area contributed by atoms with Crippen molar-refractivity contribution in [1.82, 2.24) is 5.32 Å². The molecule has 0 amide bonds. The average Bonchev–Trinajstić information content (AvgIpc) is 3.00. The van der Waals surface area contributed by atoms with Gasteiger partial charge in [0.05, 0.1) is 6.10 Å². The zero-order chi connectivity index (χ0) is 9.97. The van der Waals surface area contributed by atoms with Gasteiger partial charge in [-0.2, -0.15) is 0 Å². The molecule has 2 saturated carbocycles. The fraction of sp³-hybridized carbons (Fsp3) is 1.00. The Morgan fingerprint density at radius 2 is 1.79 bits per heavy atom. The van der Waals surface area contributed by atoms with Gasteiger partial charge >= 0.3 is 0 Å². The zero-order valence-corrected chi connectivity index (χ0v) is 9.21. The molecule has 2 fully saturated rings. The van der Waals surface area contributed by atoms with E-state index in [-0.39, 0.29) is 6.10 Å². The third-order valence-corrected chi connectivity index (χ3v) is 3.85. The average molecular weight is 197 g/mol. The summed E-state index contributed by atoms with van der Waals surface area (Å²) >= 11 is 0. The Morgan fingerprint density at radius 3 is 2.36 bits per heavy atom. The van der Waals surface area contributed by atoms with Gasteiger partial charge in [-0.15, -0.1) is 0 Å². The van der Waals surface area contributed by atoms with Gasteiger partial charge in [-0.25, -0.2) is 0 Å². The number of rotatable bonds is 4. The van der Waals surface area contributed by atoms with E-state index >= 15 is 0 Å². The number of aliphatic hydroxyl groups is 1. The molecule has 0 aliphatic heterocycles. The van der Waals surface area contributed by atoms with Crippen LogP contribution in [0.25, 0.3) is 0 Å². The van der Waals surface area contributed by atoms with Gasteiger partial charge in [-0.1, -0.05) is 6.92 Å². The Labute approximate surface area is 87.1 Å². The van der Waals surface area contributed by atoms with Crippen molar-refractivity contribution < 1.29 is 5.11 Å². The van der Waals surface area contributed by atoms with Crippen molar-refractivity contribution in [3.05, 3.63) is 0 Å². The molecule has 0 bridgehead atoms. The van der Waals surface area contributed by atoms with Crippen LogP contribution in [-0.4, -0.2) is 23.8 Å². The molecule has 14 heavy (non-hydrogen) atoms. The van der Waals surface area contributed by atoms with Gasteiger partial charge in [0.1, 0.15) is 0 Å². The van der Waals surface area contributed by atoms with E-state index in [1.54, 1.807) is 0 Å². The highest BCUT2D eigenvalue weighted by molar-refractivity contribution is 4.82. The molecule has 1 atom stereocenters. The Bertz CT molecular complexity index is 171. The van der Waals surface area contributed by atoms with E-state index in [0.717, 1.165) is 24.7 Å². The standard InChI is InChI=1S/C12H23NO/c1-9(10-2-3-10)8-13-11-4-6-12(14)7-5-11/h9-14H,2-8H2,1H3. The molecular weight excluding hydrogens is 174 g/mol. The first-order valence-electron chi connectivity index (χ1n) is 6.17.